The lowest BCUT2D eigenvalue weighted by molar-refractivity contribution is 0.122. The molecule has 1 rings (SSSR count). The van der Waals surface area contributed by atoms with Crippen molar-refractivity contribution in [3.8, 4) is 0 Å². The van der Waals surface area contributed by atoms with Crippen LogP contribution in [0.5, 0.6) is 0 Å². The Morgan fingerprint density at radius 2 is 1.88 bits per heavy atom. The highest BCUT2D eigenvalue weighted by molar-refractivity contribution is 6.60. The topological polar surface area (TPSA) is 76.5 Å². The Morgan fingerprint density at radius 1 is 1.24 bits per heavy atom. The van der Waals surface area contributed by atoms with E-state index in [1.54, 1.807) is 33.5 Å². The van der Waals surface area contributed by atoms with Crippen molar-refractivity contribution in [3.63, 3.8) is 0 Å². The van der Waals surface area contributed by atoms with Gasteiger partial charge in [-0.2, -0.15) is 0 Å². The number of azide groups is 1. The van der Waals surface area contributed by atoms with Gasteiger partial charge in [0.05, 0.1) is 0 Å². The zero-order valence-electron chi connectivity index (χ0n) is 10.1. The summed E-state index contributed by atoms with van der Waals surface area (Å²) in [6, 6.07) is 7.79. The molecule has 0 aromatic heterocycles. The van der Waals surface area contributed by atoms with Crippen molar-refractivity contribution in [3.05, 3.63) is 40.3 Å². The maximum atomic E-state index is 8.37. The molecule has 0 N–H and O–H groups in total. The van der Waals surface area contributed by atoms with Crippen molar-refractivity contribution in [2.24, 2.45) is 5.11 Å². The molecule has 0 fully saturated rings. The first-order valence-electron chi connectivity index (χ1n) is 4.99. The van der Waals surface area contributed by atoms with Crippen LogP contribution in [0.25, 0.3) is 10.4 Å². The van der Waals surface area contributed by atoms with Crippen LogP contribution in [0.4, 0.5) is 5.69 Å². The molecule has 0 aliphatic carbocycles. The highest BCUT2D eigenvalue weighted by Gasteiger charge is 2.37. The number of nitrogens with zero attached hydrogens (tertiary/aromatic N) is 3. The molecule has 0 spiro atoms. The van der Waals surface area contributed by atoms with E-state index < -0.39 is 8.80 Å². The molecule has 0 aliphatic rings. The highest BCUT2D eigenvalue weighted by Crippen LogP contribution is 2.19. The summed E-state index contributed by atoms with van der Waals surface area (Å²) in [6.07, 6.45) is 0. The molecule has 6 nitrogen and oxygen atoms in total. The van der Waals surface area contributed by atoms with Crippen LogP contribution in [0.2, 0.25) is 0 Å². The average molecular weight is 253 g/mol. The first-order chi connectivity index (χ1) is 8.19. The van der Waals surface area contributed by atoms with Crippen molar-refractivity contribution >= 4 is 14.5 Å². The number of hydrogen-bond acceptors (Lipinski definition) is 4. The molecule has 0 radical (unpaired) electrons. The van der Waals surface area contributed by atoms with Gasteiger partial charge >= 0.3 is 8.80 Å². The Balaban J connectivity index is 2.93. The van der Waals surface area contributed by atoms with E-state index in [-0.39, 0.29) is 0 Å². The van der Waals surface area contributed by atoms with Gasteiger partial charge in [-0.1, -0.05) is 23.3 Å². The van der Waals surface area contributed by atoms with Gasteiger partial charge < -0.3 is 13.3 Å². The molecular formula is C10H15N3O3Si. The van der Waals surface area contributed by atoms with E-state index in [4.69, 9.17) is 18.8 Å². The molecule has 7 heteroatoms. The lowest BCUT2D eigenvalue weighted by atomic mass is 10.2. The lowest BCUT2D eigenvalue weighted by Gasteiger charge is -2.24. The minimum Gasteiger partial charge on any atom is -0.377 e. The predicted molar refractivity (Wildman–Crippen MR) is 65.7 cm³/mol. The van der Waals surface area contributed by atoms with Crippen molar-refractivity contribution in [1.82, 2.24) is 0 Å². The van der Waals surface area contributed by atoms with E-state index in [1.807, 2.05) is 12.1 Å². The predicted octanol–water partition coefficient (Wildman–Crippen LogP) is 2.59. The highest BCUT2D eigenvalue weighted by atomic mass is 28.4. The first kappa shape index (κ1) is 13.7. The summed E-state index contributed by atoms with van der Waals surface area (Å²) in [5.74, 6) is 0. The van der Waals surface area contributed by atoms with Crippen molar-refractivity contribution in [2.75, 3.05) is 21.3 Å². The molecule has 0 bridgehead atoms. The molecule has 0 heterocycles. The molecule has 0 saturated heterocycles. The number of hydrogen-bond donors (Lipinski definition) is 0. The van der Waals surface area contributed by atoms with Gasteiger partial charge in [0.1, 0.15) is 0 Å². The zero-order valence-corrected chi connectivity index (χ0v) is 11.1. The van der Waals surface area contributed by atoms with Gasteiger partial charge in [-0.15, -0.1) is 0 Å². The normalized spacial score (nSPS) is 11.0. The summed E-state index contributed by atoms with van der Waals surface area (Å²) in [5.41, 5.74) is 9.89. The second-order valence-corrected chi connectivity index (χ2v) is 6.28. The van der Waals surface area contributed by atoms with Crippen molar-refractivity contribution in [1.29, 1.82) is 0 Å². The summed E-state index contributed by atoms with van der Waals surface area (Å²) < 4.78 is 16.0. The van der Waals surface area contributed by atoms with Gasteiger partial charge in [0.15, 0.2) is 0 Å². The fourth-order valence-corrected chi connectivity index (χ4v) is 3.15. The van der Waals surface area contributed by atoms with E-state index in [1.165, 1.54) is 0 Å². The van der Waals surface area contributed by atoms with Gasteiger partial charge in [-0.05, 0) is 17.2 Å². The number of benzene rings is 1. The minimum absolute atomic E-state index is 0.533. The van der Waals surface area contributed by atoms with Gasteiger partial charge in [0, 0.05) is 38.0 Å². The smallest absolute Gasteiger partial charge is 0.377 e. The fraction of sp³-hybridized carbons (Fsp3) is 0.400. The Labute approximate surface area is 101 Å². The first-order valence-corrected chi connectivity index (χ1v) is 6.92. The van der Waals surface area contributed by atoms with Crippen LogP contribution in [0.15, 0.2) is 29.4 Å². The zero-order chi connectivity index (χ0) is 12.7. The molecule has 0 saturated carbocycles. The van der Waals surface area contributed by atoms with Gasteiger partial charge in [0.25, 0.3) is 0 Å². The van der Waals surface area contributed by atoms with Crippen LogP contribution in [0, 0.1) is 0 Å². The van der Waals surface area contributed by atoms with Crippen LogP contribution in [0.3, 0.4) is 0 Å². The minimum atomic E-state index is -2.64. The van der Waals surface area contributed by atoms with Crippen LogP contribution < -0.4 is 0 Å². The maximum Gasteiger partial charge on any atom is 0.504 e. The second kappa shape index (κ2) is 6.38. The average Bonchev–Trinajstić information content (AvgIpc) is 2.37. The molecule has 1 aromatic rings. The molecule has 0 aliphatic heterocycles. The van der Waals surface area contributed by atoms with Gasteiger partial charge in [-0.3, -0.25) is 0 Å². The van der Waals surface area contributed by atoms with E-state index in [9.17, 15) is 0 Å². The Morgan fingerprint density at radius 3 is 2.41 bits per heavy atom. The monoisotopic (exact) mass is 253 g/mol. The SMILES string of the molecule is CO[Si](Cc1cccc(N=[N+]=[N-])c1)(OC)OC. The summed E-state index contributed by atoms with van der Waals surface area (Å²) in [7, 11) is 2.06. The summed E-state index contributed by atoms with van der Waals surface area (Å²) in [4.78, 5) is 2.75. The van der Waals surface area contributed by atoms with Gasteiger partial charge in [0.2, 0.25) is 0 Å². The fourth-order valence-electron chi connectivity index (χ4n) is 1.50. The van der Waals surface area contributed by atoms with Crippen LogP contribution >= 0.6 is 0 Å². The van der Waals surface area contributed by atoms with Crippen LogP contribution in [0.1, 0.15) is 5.56 Å². The molecule has 0 atom stereocenters. The Bertz CT molecular complexity index is 409. The van der Waals surface area contributed by atoms with E-state index in [2.05, 4.69) is 10.0 Å². The molecule has 92 valence electrons. The molecule has 0 amide bonds. The maximum absolute atomic E-state index is 8.37. The summed E-state index contributed by atoms with van der Waals surface area (Å²) >= 11 is 0. The molecular weight excluding hydrogens is 238 g/mol. The second-order valence-electron chi connectivity index (χ2n) is 3.33. The van der Waals surface area contributed by atoms with Crippen molar-refractivity contribution < 1.29 is 13.3 Å². The third kappa shape index (κ3) is 3.55. The van der Waals surface area contributed by atoms with E-state index in [0.29, 0.717) is 11.7 Å². The Kier molecular flexibility index (Phi) is 5.14. The standard InChI is InChI=1S/C10H15N3O3Si/c1-14-17(15-2,16-3)8-9-5-4-6-10(7-9)12-13-11/h4-7H,8H2,1-3H3. The van der Waals surface area contributed by atoms with Crippen LogP contribution in [-0.4, -0.2) is 30.1 Å². The molecule has 0 unspecified atom stereocenters. The summed E-state index contributed by atoms with van der Waals surface area (Å²) in [5, 5.41) is 3.55. The Hall–Kier alpha value is -1.37. The molecule has 1 aromatic carbocycles. The van der Waals surface area contributed by atoms with E-state index in [0.717, 1.165) is 5.56 Å². The largest absolute Gasteiger partial charge is 0.504 e. The van der Waals surface area contributed by atoms with Crippen molar-refractivity contribution in [2.45, 2.75) is 6.04 Å². The summed E-state index contributed by atoms with van der Waals surface area (Å²) in [6.45, 7) is 0. The van der Waals surface area contributed by atoms with Gasteiger partial charge in [-0.25, -0.2) is 0 Å². The van der Waals surface area contributed by atoms with Crippen LogP contribution in [-0.2, 0) is 19.3 Å². The third-order valence-electron chi connectivity index (χ3n) is 2.42. The lowest BCUT2D eigenvalue weighted by Crippen LogP contribution is -2.45. The van der Waals surface area contributed by atoms with E-state index >= 15 is 0 Å². The number of rotatable bonds is 6. The quantitative estimate of drug-likeness (QED) is 0.338. The third-order valence-corrected chi connectivity index (χ3v) is 5.13. The molecule has 17 heavy (non-hydrogen) atoms.